The summed E-state index contributed by atoms with van der Waals surface area (Å²) in [5.41, 5.74) is -0.149. The highest BCUT2D eigenvalue weighted by Crippen LogP contribution is 2.32. The lowest BCUT2D eigenvalue weighted by Crippen LogP contribution is -2.38. The van der Waals surface area contributed by atoms with Crippen LogP contribution in [-0.4, -0.2) is 61.0 Å². The molecule has 2 aromatic rings. The van der Waals surface area contributed by atoms with Crippen molar-refractivity contribution in [2.24, 2.45) is 0 Å². The molecule has 160 valence electrons. The van der Waals surface area contributed by atoms with E-state index in [9.17, 15) is 13.2 Å². The normalized spacial score (nSPS) is 16.2. The third kappa shape index (κ3) is 4.24. The quantitative estimate of drug-likeness (QED) is 0.634. The van der Waals surface area contributed by atoms with Crippen LogP contribution in [0.25, 0.3) is 0 Å². The van der Waals surface area contributed by atoms with Crippen LogP contribution >= 0.6 is 0 Å². The predicted molar refractivity (Wildman–Crippen MR) is 108 cm³/mol. The van der Waals surface area contributed by atoms with E-state index >= 15 is 0 Å². The molecule has 0 amide bonds. The van der Waals surface area contributed by atoms with Gasteiger partial charge in [0.2, 0.25) is 10.0 Å². The molecule has 10 heteroatoms. The van der Waals surface area contributed by atoms with Gasteiger partial charge in [-0.2, -0.15) is 9.40 Å². The monoisotopic (exact) mass is 424 g/mol. The Morgan fingerprint density at radius 2 is 1.86 bits per heavy atom. The Balaban J connectivity index is 1.78. The third-order valence-corrected chi connectivity index (χ3v) is 7.22. The van der Waals surface area contributed by atoms with Gasteiger partial charge in [0.05, 0.1) is 20.3 Å². The van der Waals surface area contributed by atoms with Crippen molar-refractivity contribution >= 4 is 10.0 Å². The maximum absolute atomic E-state index is 13.1. The summed E-state index contributed by atoms with van der Waals surface area (Å²) in [6.07, 6.45) is 1.21. The van der Waals surface area contributed by atoms with E-state index in [2.05, 4.69) is 5.10 Å². The van der Waals surface area contributed by atoms with Gasteiger partial charge in [-0.25, -0.2) is 17.9 Å². The molecule has 1 aromatic heterocycles. The van der Waals surface area contributed by atoms with Crippen LogP contribution in [0.1, 0.15) is 31.5 Å². The summed E-state index contributed by atoms with van der Waals surface area (Å²) in [4.78, 5) is 12.7. The van der Waals surface area contributed by atoms with Gasteiger partial charge in [-0.05, 0) is 31.9 Å². The molecule has 2 heterocycles. The van der Waals surface area contributed by atoms with E-state index in [1.54, 1.807) is 35.9 Å². The SMILES string of the molecule is CCn1c(C2CCN(S(=O)(=O)c3ccccc3OC)CC2)nn(CCOC)c1=O. The fraction of sp³-hybridized carbons (Fsp3) is 0.579. The summed E-state index contributed by atoms with van der Waals surface area (Å²) < 4.78 is 41.0. The maximum Gasteiger partial charge on any atom is 0.345 e. The van der Waals surface area contributed by atoms with Crippen LogP contribution in [0.2, 0.25) is 0 Å². The summed E-state index contributed by atoms with van der Waals surface area (Å²) in [5.74, 6) is 1.10. The number of hydrogen-bond donors (Lipinski definition) is 0. The Bertz CT molecular complexity index is 990. The van der Waals surface area contributed by atoms with E-state index in [1.807, 2.05) is 6.92 Å². The minimum atomic E-state index is -3.64. The van der Waals surface area contributed by atoms with Gasteiger partial charge < -0.3 is 9.47 Å². The van der Waals surface area contributed by atoms with Gasteiger partial charge in [-0.3, -0.25) is 4.57 Å². The van der Waals surface area contributed by atoms with Gasteiger partial charge >= 0.3 is 5.69 Å². The molecule has 0 unspecified atom stereocenters. The van der Waals surface area contributed by atoms with Crippen molar-refractivity contribution in [2.45, 2.75) is 43.7 Å². The molecule has 1 fully saturated rings. The first-order chi connectivity index (χ1) is 13.9. The first kappa shape index (κ1) is 21.5. The molecular formula is C19H28N4O5S. The van der Waals surface area contributed by atoms with E-state index in [4.69, 9.17) is 9.47 Å². The fourth-order valence-electron chi connectivity index (χ4n) is 3.71. The zero-order valence-corrected chi connectivity index (χ0v) is 17.9. The molecule has 0 N–H and O–H groups in total. The molecule has 9 nitrogen and oxygen atoms in total. The number of rotatable bonds is 8. The number of para-hydroxylation sites is 1. The van der Waals surface area contributed by atoms with Crippen molar-refractivity contribution in [3.8, 4) is 5.75 Å². The number of piperidine rings is 1. The number of nitrogens with zero attached hydrogens (tertiary/aromatic N) is 4. The predicted octanol–water partition coefficient (Wildman–Crippen LogP) is 1.29. The smallest absolute Gasteiger partial charge is 0.345 e. The molecule has 0 bridgehead atoms. The molecule has 0 spiro atoms. The number of ether oxygens (including phenoxy) is 2. The highest BCUT2D eigenvalue weighted by Gasteiger charge is 2.33. The van der Waals surface area contributed by atoms with E-state index in [0.717, 1.165) is 5.82 Å². The molecule has 1 saturated heterocycles. The molecule has 0 saturated carbocycles. The summed E-state index contributed by atoms with van der Waals surface area (Å²) in [7, 11) is -0.597. The van der Waals surface area contributed by atoms with Crippen LogP contribution in [0.4, 0.5) is 0 Å². The lowest BCUT2D eigenvalue weighted by atomic mass is 9.97. The average Bonchev–Trinajstić information content (AvgIpc) is 3.07. The van der Waals surface area contributed by atoms with Crippen LogP contribution < -0.4 is 10.4 Å². The van der Waals surface area contributed by atoms with Crippen molar-refractivity contribution in [3.63, 3.8) is 0 Å². The highest BCUT2D eigenvalue weighted by atomic mass is 32.2. The first-order valence-electron chi connectivity index (χ1n) is 9.73. The highest BCUT2D eigenvalue weighted by molar-refractivity contribution is 7.89. The van der Waals surface area contributed by atoms with Crippen LogP contribution in [-0.2, 0) is 27.8 Å². The number of benzene rings is 1. The summed E-state index contributed by atoms with van der Waals surface area (Å²) in [5, 5.41) is 4.51. The Morgan fingerprint density at radius 3 is 2.48 bits per heavy atom. The van der Waals surface area contributed by atoms with Crippen LogP contribution in [0.3, 0.4) is 0 Å². The van der Waals surface area contributed by atoms with Crippen molar-refractivity contribution in [3.05, 3.63) is 40.6 Å². The zero-order valence-electron chi connectivity index (χ0n) is 17.1. The van der Waals surface area contributed by atoms with Crippen molar-refractivity contribution in [1.29, 1.82) is 0 Å². The molecule has 3 rings (SSSR count). The number of hydrogen-bond acceptors (Lipinski definition) is 6. The number of methoxy groups -OCH3 is 2. The Kier molecular flexibility index (Phi) is 6.76. The molecule has 1 aliphatic rings. The molecule has 1 aromatic carbocycles. The number of aromatic nitrogens is 3. The van der Waals surface area contributed by atoms with Crippen molar-refractivity contribution in [1.82, 2.24) is 18.7 Å². The topological polar surface area (TPSA) is 95.7 Å². The largest absolute Gasteiger partial charge is 0.495 e. The average molecular weight is 425 g/mol. The summed E-state index contributed by atoms with van der Waals surface area (Å²) >= 11 is 0. The van der Waals surface area contributed by atoms with Crippen LogP contribution in [0, 0.1) is 0 Å². The van der Waals surface area contributed by atoms with Gasteiger partial charge in [-0.15, -0.1) is 0 Å². The van der Waals surface area contributed by atoms with Crippen LogP contribution in [0.15, 0.2) is 34.0 Å². The third-order valence-electron chi connectivity index (χ3n) is 5.28. The Morgan fingerprint density at radius 1 is 1.17 bits per heavy atom. The minimum absolute atomic E-state index is 0.0376. The second-order valence-electron chi connectivity index (χ2n) is 6.93. The van der Waals surface area contributed by atoms with E-state index < -0.39 is 10.0 Å². The maximum atomic E-state index is 13.1. The molecular weight excluding hydrogens is 396 g/mol. The van der Waals surface area contributed by atoms with Crippen molar-refractivity contribution < 1.29 is 17.9 Å². The standard InChI is InChI=1S/C19H28N4O5S/c1-4-22-18(20-23(19(22)24)13-14-27-2)15-9-11-21(12-10-15)29(25,26)17-8-6-5-7-16(17)28-3/h5-8,15H,4,9-14H2,1-3H3. The molecule has 0 radical (unpaired) electrons. The summed E-state index contributed by atoms with van der Waals surface area (Å²) in [6, 6.07) is 6.64. The Hall–Kier alpha value is -2.17. The van der Waals surface area contributed by atoms with Gasteiger partial charge in [0.1, 0.15) is 16.5 Å². The zero-order chi connectivity index (χ0) is 21.0. The molecule has 0 aliphatic carbocycles. The van der Waals surface area contributed by atoms with Gasteiger partial charge in [0.25, 0.3) is 0 Å². The lowest BCUT2D eigenvalue weighted by molar-refractivity contribution is 0.182. The second-order valence-corrected chi connectivity index (χ2v) is 8.84. The van der Waals surface area contributed by atoms with Gasteiger partial charge in [0.15, 0.2) is 0 Å². The van der Waals surface area contributed by atoms with Crippen molar-refractivity contribution in [2.75, 3.05) is 33.9 Å². The van der Waals surface area contributed by atoms with E-state index in [1.165, 1.54) is 16.1 Å². The van der Waals surface area contributed by atoms with E-state index in [0.29, 0.717) is 51.4 Å². The number of sulfonamides is 1. The van der Waals surface area contributed by atoms with Gasteiger partial charge in [-0.1, -0.05) is 12.1 Å². The minimum Gasteiger partial charge on any atom is -0.495 e. The fourth-order valence-corrected chi connectivity index (χ4v) is 5.33. The molecule has 0 atom stereocenters. The first-order valence-corrected chi connectivity index (χ1v) is 11.2. The summed E-state index contributed by atoms with van der Waals surface area (Å²) in [6.45, 7) is 3.99. The van der Waals surface area contributed by atoms with Gasteiger partial charge in [0, 0.05) is 32.7 Å². The van der Waals surface area contributed by atoms with Crippen LogP contribution in [0.5, 0.6) is 5.75 Å². The molecule has 29 heavy (non-hydrogen) atoms. The van der Waals surface area contributed by atoms with E-state index in [-0.39, 0.29) is 16.5 Å². The Labute approximate surface area is 170 Å². The molecule has 1 aliphatic heterocycles. The lowest BCUT2D eigenvalue weighted by Gasteiger charge is -2.31. The second kappa shape index (κ2) is 9.10.